The lowest BCUT2D eigenvalue weighted by atomic mass is 9.97. The minimum absolute atomic E-state index is 0.180. The summed E-state index contributed by atoms with van der Waals surface area (Å²) in [7, 11) is 0. The van der Waals surface area contributed by atoms with Crippen molar-refractivity contribution in [2.75, 3.05) is 17.9 Å². The first-order valence-electron chi connectivity index (χ1n) is 10.5. The van der Waals surface area contributed by atoms with Crippen LogP contribution in [0.1, 0.15) is 12.0 Å². The second-order valence-corrected chi connectivity index (χ2v) is 8.55. The molecule has 1 aliphatic rings. The average molecular weight is 499 g/mol. The zero-order valence-corrected chi connectivity index (χ0v) is 19.0. The predicted octanol–water partition coefficient (Wildman–Crippen LogP) is 7.07. The molecule has 1 heterocycles. The van der Waals surface area contributed by atoms with E-state index >= 15 is 0 Å². The Bertz CT molecular complexity index is 1300. The van der Waals surface area contributed by atoms with Gasteiger partial charge in [0, 0.05) is 16.9 Å². The van der Waals surface area contributed by atoms with E-state index in [4.69, 9.17) is 5.26 Å². The SMILES string of the molecule is N#Cc1ccc(-c2ccc(-c3ccc(SCF)cc3)cc2NC(=O)N2CCC(C(F)(F)F)=N2)cc1. The van der Waals surface area contributed by atoms with Crippen molar-refractivity contribution in [2.45, 2.75) is 17.5 Å². The number of benzene rings is 3. The Morgan fingerprint density at radius 1 is 1.03 bits per heavy atom. The molecule has 3 aromatic rings. The molecule has 1 N–H and O–H groups in total. The van der Waals surface area contributed by atoms with Gasteiger partial charge in [-0.25, -0.2) is 14.2 Å². The Morgan fingerprint density at radius 3 is 2.29 bits per heavy atom. The zero-order valence-electron chi connectivity index (χ0n) is 18.1. The minimum Gasteiger partial charge on any atom is -0.306 e. The van der Waals surface area contributed by atoms with Gasteiger partial charge in [0.15, 0.2) is 0 Å². The normalized spacial score (nSPS) is 13.3. The number of nitrogens with zero attached hydrogens (tertiary/aromatic N) is 3. The number of rotatable bonds is 5. The zero-order chi connectivity index (χ0) is 25.0. The van der Waals surface area contributed by atoms with E-state index in [1.807, 2.05) is 24.3 Å². The third kappa shape index (κ3) is 5.63. The third-order valence-corrected chi connectivity index (χ3v) is 6.07. The van der Waals surface area contributed by atoms with Crippen LogP contribution in [0.5, 0.6) is 0 Å². The van der Waals surface area contributed by atoms with Crippen molar-refractivity contribution in [1.29, 1.82) is 5.26 Å². The van der Waals surface area contributed by atoms with Gasteiger partial charge in [-0.2, -0.15) is 23.5 Å². The number of halogens is 4. The fourth-order valence-corrected chi connectivity index (χ4v) is 4.05. The van der Waals surface area contributed by atoms with Gasteiger partial charge >= 0.3 is 12.2 Å². The second-order valence-electron chi connectivity index (χ2n) is 7.58. The van der Waals surface area contributed by atoms with Crippen LogP contribution in [0.2, 0.25) is 0 Å². The second kappa shape index (κ2) is 10.2. The van der Waals surface area contributed by atoms with Gasteiger partial charge in [-0.1, -0.05) is 48.2 Å². The Kier molecular flexibility index (Phi) is 7.07. The number of carbonyl (C=O) groups excluding carboxylic acids is 1. The number of nitrogens with one attached hydrogen (secondary N) is 1. The van der Waals surface area contributed by atoms with E-state index < -0.39 is 23.9 Å². The standard InChI is InChI=1S/C25H18F4N4OS/c26-15-35-20-8-5-17(6-9-20)19-7-10-21(18-3-1-16(14-30)2-4-18)22(13-19)31-24(34)33-12-11-23(32-33)25(27,28)29/h1-10,13H,11-12,15H2,(H,31,34). The van der Waals surface area contributed by atoms with E-state index in [0.717, 1.165) is 32.8 Å². The molecule has 0 atom stereocenters. The van der Waals surface area contributed by atoms with Crippen molar-refractivity contribution in [3.63, 3.8) is 0 Å². The van der Waals surface area contributed by atoms with Gasteiger partial charge in [0.1, 0.15) is 11.7 Å². The van der Waals surface area contributed by atoms with Crippen molar-refractivity contribution >= 4 is 29.2 Å². The number of thioether (sulfide) groups is 1. The van der Waals surface area contributed by atoms with Crippen molar-refractivity contribution in [1.82, 2.24) is 5.01 Å². The lowest BCUT2D eigenvalue weighted by Gasteiger charge is -2.17. The van der Waals surface area contributed by atoms with Crippen molar-refractivity contribution in [2.24, 2.45) is 5.10 Å². The number of amides is 2. The monoisotopic (exact) mass is 498 g/mol. The fraction of sp³-hybridized carbons (Fsp3) is 0.160. The number of hydrogen-bond acceptors (Lipinski definition) is 4. The van der Waals surface area contributed by atoms with Crippen molar-refractivity contribution in [3.05, 3.63) is 72.3 Å². The van der Waals surface area contributed by atoms with Crippen LogP contribution in [-0.4, -0.2) is 35.5 Å². The Morgan fingerprint density at radius 2 is 1.69 bits per heavy atom. The molecule has 5 nitrogen and oxygen atoms in total. The van der Waals surface area contributed by atoms with Crippen LogP contribution in [0.15, 0.2) is 76.7 Å². The van der Waals surface area contributed by atoms with Gasteiger partial charge < -0.3 is 5.32 Å². The number of hydrogen-bond donors (Lipinski definition) is 1. The summed E-state index contributed by atoms with van der Waals surface area (Å²) in [6.07, 6.45) is -4.96. The summed E-state index contributed by atoms with van der Waals surface area (Å²) in [4.78, 5) is 13.6. The molecule has 1 aliphatic heterocycles. The molecule has 4 rings (SSSR count). The summed E-state index contributed by atoms with van der Waals surface area (Å²) in [6, 6.07) is 20.0. The number of alkyl halides is 4. The summed E-state index contributed by atoms with van der Waals surface area (Å²) in [5, 5.41) is 15.9. The minimum atomic E-state index is -4.59. The molecule has 0 radical (unpaired) electrons. The van der Waals surface area contributed by atoms with Crippen LogP contribution >= 0.6 is 11.8 Å². The van der Waals surface area contributed by atoms with Gasteiger partial charge in [-0.05, 0) is 47.0 Å². The third-order valence-electron chi connectivity index (χ3n) is 5.36. The van der Waals surface area contributed by atoms with E-state index in [9.17, 15) is 22.4 Å². The van der Waals surface area contributed by atoms with Gasteiger partial charge in [-0.3, -0.25) is 0 Å². The van der Waals surface area contributed by atoms with Crippen LogP contribution in [0.25, 0.3) is 22.3 Å². The van der Waals surface area contributed by atoms with Gasteiger partial charge in [-0.15, -0.1) is 0 Å². The number of nitriles is 1. The first kappa shape index (κ1) is 24.3. The van der Waals surface area contributed by atoms with Crippen LogP contribution < -0.4 is 5.32 Å². The highest BCUT2D eigenvalue weighted by molar-refractivity contribution is 7.99. The maximum absolute atomic E-state index is 13.0. The van der Waals surface area contributed by atoms with Crippen molar-refractivity contribution in [3.8, 4) is 28.3 Å². The van der Waals surface area contributed by atoms with Gasteiger partial charge in [0.05, 0.1) is 23.9 Å². The lowest BCUT2D eigenvalue weighted by Crippen LogP contribution is -2.29. The van der Waals surface area contributed by atoms with Gasteiger partial charge in [0.25, 0.3) is 0 Å². The molecule has 0 spiro atoms. The molecule has 0 unspecified atom stereocenters. The fourth-order valence-electron chi connectivity index (χ4n) is 3.59. The van der Waals surface area contributed by atoms with E-state index in [1.165, 1.54) is 0 Å². The largest absolute Gasteiger partial charge is 0.431 e. The highest BCUT2D eigenvalue weighted by atomic mass is 32.2. The first-order valence-corrected chi connectivity index (χ1v) is 11.4. The smallest absolute Gasteiger partial charge is 0.306 e. The molecule has 0 bridgehead atoms. The summed E-state index contributed by atoms with van der Waals surface area (Å²) in [6.45, 7) is -0.180. The van der Waals surface area contributed by atoms with E-state index in [2.05, 4.69) is 10.4 Å². The van der Waals surface area contributed by atoms with E-state index in [-0.39, 0.29) is 13.0 Å². The molecule has 0 saturated heterocycles. The molecule has 178 valence electrons. The summed E-state index contributed by atoms with van der Waals surface area (Å²) in [5.41, 5.74) is 2.73. The van der Waals surface area contributed by atoms with E-state index in [0.29, 0.717) is 22.4 Å². The number of urea groups is 1. The van der Waals surface area contributed by atoms with Crippen LogP contribution in [0.3, 0.4) is 0 Å². The Hall–Kier alpha value is -3.84. The van der Waals surface area contributed by atoms with Crippen LogP contribution in [0, 0.1) is 11.3 Å². The molecule has 2 amide bonds. The van der Waals surface area contributed by atoms with Crippen LogP contribution in [0.4, 0.5) is 28.0 Å². The molecule has 3 aromatic carbocycles. The number of carbonyl (C=O) groups is 1. The number of anilines is 1. The summed E-state index contributed by atoms with van der Waals surface area (Å²) >= 11 is 1.06. The highest BCUT2D eigenvalue weighted by Gasteiger charge is 2.40. The molecular formula is C25H18F4N4OS. The molecular weight excluding hydrogens is 480 g/mol. The van der Waals surface area contributed by atoms with Gasteiger partial charge in [0.2, 0.25) is 0 Å². The Balaban J connectivity index is 1.68. The summed E-state index contributed by atoms with van der Waals surface area (Å²) in [5.74, 6) is 0. The first-order chi connectivity index (χ1) is 16.8. The molecule has 10 heteroatoms. The van der Waals surface area contributed by atoms with Crippen molar-refractivity contribution < 1.29 is 22.4 Å². The molecule has 0 fully saturated rings. The molecule has 0 saturated carbocycles. The quantitative estimate of drug-likeness (QED) is 0.302. The molecule has 0 aliphatic carbocycles. The van der Waals surface area contributed by atoms with Crippen LogP contribution in [-0.2, 0) is 0 Å². The Labute approximate surface area is 203 Å². The molecule has 0 aromatic heterocycles. The molecule has 35 heavy (non-hydrogen) atoms. The summed E-state index contributed by atoms with van der Waals surface area (Å²) < 4.78 is 51.4. The van der Waals surface area contributed by atoms with E-state index in [1.54, 1.807) is 48.5 Å². The topological polar surface area (TPSA) is 68.5 Å². The average Bonchev–Trinajstić information content (AvgIpc) is 3.36. The number of hydrazone groups is 1. The lowest BCUT2D eigenvalue weighted by molar-refractivity contribution is -0.0600. The maximum Gasteiger partial charge on any atom is 0.431 e. The predicted molar refractivity (Wildman–Crippen MR) is 128 cm³/mol. The highest BCUT2D eigenvalue weighted by Crippen LogP contribution is 2.34. The maximum atomic E-state index is 13.0.